The Morgan fingerprint density at radius 3 is 3.06 bits per heavy atom. The van der Waals surface area contributed by atoms with Gasteiger partial charge in [-0.05, 0) is 25.0 Å². The van der Waals surface area contributed by atoms with Crippen molar-refractivity contribution in [2.75, 3.05) is 0 Å². The Balaban J connectivity index is 1.74. The number of carbonyl (C=O) groups excluding carboxylic acids is 1. The van der Waals surface area contributed by atoms with Gasteiger partial charge < -0.3 is 9.72 Å². The van der Waals surface area contributed by atoms with E-state index in [9.17, 15) is 4.79 Å². The van der Waals surface area contributed by atoms with Crippen LogP contribution >= 0.6 is 11.6 Å². The molecule has 0 bridgehead atoms. The zero-order valence-corrected chi connectivity index (χ0v) is 9.94. The van der Waals surface area contributed by atoms with Crippen LogP contribution in [0.25, 0.3) is 5.65 Å². The van der Waals surface area contributed by atoms with E-state index in [0.29, 0.717) is 11.6 Å². The van der Waals surface area contributed by atoms with E-state index >= 15 is 0 Å². The van der Waals surface area contributed by atoms with Gasteiger partial charge in [-0.15, -0.1) is 0 Å². The fourth-order valence-electron chi connectivity index (χ4n) is 1.77. The predicted octanol–water partition coefficient (Wildman–Crippen LogP) is 2.01. The van der Waals surface area contributed by atoms with Gasteiger partial charge in [-0.25, -0.2) is 4.98 Å². The standard InChI is InChI=1S/C12H12ClN3O/c13-9-3-4-11-15-10(7-16(11)6-9)5-14-12(17)8-1-2-8/h3-4,6-8H,1-2,5H2,(H,14,17). The summed E-state index contributed by atoms with van der Waals surface area (Å²) < 4.78 is 1.86. The molecule has 4 nitrogen and oxygen atoms in total. The van der Waals surface area contributed by atoms with Gasteiger partial charge >= 0.3 is 0 Å². The smallest absolute Gasteiger partial charge is 0.223 e. The summed E-state index contributed by atoms with van der Waals surface area (Å²) in [6, 6.07) is 3.66. The van der Waals surface area contributed by atoms with Gasteiger partial charge in [-0.2, -0.15) is 0 Å². The minimum absolute atomic E-state index is 0.139. The molecule has 2 aromatic heterocycles. The zero-order valence-electron chi connectivity index (χ0n) is 9.19. The first-order valence-electron chi connectivity index (χ1n) is 5.63. The first kappa shape index (κ1) is 10.6. The quantitative estimate of drug-likeness (QED) is 0.905. The van der Waals surface area contributed by atoms with E-state index in [1.165, 1.54) is 0 Å². The maximum Gasteiger partial charge on any atom is 0.223 e. The molecule has 1 N–H and O–H groups in total. The van der Waals surface area contributed by atoms with E-state index in [1.807, 2.05) is 16.7 Å². The number of aromatic nitrogens is 2. The number of carbonyl (C=O) groups is 1. The molecular weight excluding hydrogens is 238 g/mol. The van der Waals surface area contributed by atoms with E-state index in [-0.39, 0.29) is 11.8 Å². The summed E-state index contributed by atoms with van der Waals surface area (Å²) in [5.41, 5.74) is 1.69. The van der Waals surface area contributed by atoms with Crippen molar-refractivity contribution in [1.82, 2.24) is 14.7 Å². The molecule has 2 heterocycles. The molecule has 1 fully saturated rings. The second-order valence-electron chi connectivity index (χ2n) is 4.34. The molecule has 3 rings (SSSR count). The van der Waals surface area contributed by atoms with E-state index in [4.69, 9.17) is 11.6 Å². The van der Waals surface area contributed by atoms with E-state index in [1.54, 1.807) is 12.3 Å². The second kappa shape index (κ2) is 4.04. The van der Waals surface area contributed by atoms with Crippen molar-refractivity contribution in [3.8, 4) is 0 Å². The highest BCUT2D eigenvalue weighted by Crippen LogP contribution is 2.28. The highest BCUT2D eigenvalue weighted by Gasteiger charge is 2.29. The number of hydrogen-bond donors (Lipinski definition) is 1. The van der Waals surface area contributed by atoms with Crippen molar-refractivity contribution in [3.05, 3.63) is 35.2 Å². The summed E-state index contributed by atoms with van der Waals surface area (Å²) in [6.45, 7) is 0.481. The third-order valence-corrected chi connectivity index (χ3v) is 3.08. The minimum Gasteiger partial charge on any atom is -0.350 e. The fraction of sp³-hybridized carbons (Fsp3) is 0.333. The molecule has 0 atom stereocenters. The number of nitrogens with zero attached hydrogens (tertiary/aromatic N) is 2. The van der Waals surface area contributed by atoms with Gasteiger partial charge in [0.25, 0.3) is 0 Å². The van der Waals surface area contributed by atoms with Crippen LogP contribution in [0.4, 0.5) is 0 Å². The molecule has 1 aliphatic carbocycles. The largest absolute Gasteiger partial charge is 0.350 e. The van der Waals surface area contributed by atoms with Crippen LogP contribution in [0.15, 0.2) is 24.5 Å². The molecule has 2 aromatic rings. The highest BCUT2D eigenvalue weighted by molar-refractivity contribution is 6.30. The van der Waals surface area contributed by atoms with Crippen LogP contribution in [0.1, 0.15) is 18.5 Å². The summed E-state index contributed by atoms with van der Waals surface area (Å²) in [6.07, 6.45) is 5.73. The maximum absolute atomic E-state index is 11.5. The lowest BCUT2D eigenvalue weighted by Gasteiger charge is -1.99. The van der Waals surface area contributed by atoms with Crippen molar-refractivity contribution in [3.63, 3.8) is 0 Å². The Labute approximate surface area is 104 Å². The third-order valence-electron chi connectivity index (χ3n) is 2.86. The Hall–Kier alpha value is -1.55. The summed E-state index contributed by atoms with van der Waals surface area (Å²) in [5, 5.41) is 3.56. The van der Waals surface area contributed by atoms with Gasteiger partial charge in [0.2, 0.25) is 5.91 Å². The highest BCUT2D eigenvalue weighted by atomic mass is 35.5. The van der Waals surface area contributed by atoms with Crippen molar-refractivity contribution >= 4 is 23.2 Å². The van der Waals surface area contributed by atoms with Crippen LogP contribution in [0.3, 0.4) is 0 Å². The van der Waals surface area contributed by atoms with E-state index < -0.39 is 0 Å². The van der Waals surface area contributed by atoms with E-state index in [0.717, 1.165) is 24.2 Å². The molecule has 0 spiro atoms. The maximum atomic E-state index is 11.5. The molecular formula is C12H12ClN3O. The first-order valence-corrected chi connectivity index (χ1v) is 6.01. The van der Waals surface area contributed by atoms with Crippen LogP contribution in [-0.2, 0) is 11.3 Å². The Morgan fingerprint density at radius 2 is 2.29 bits per heavy atom. The second-order valence-corrected chi connectivity index (χ2v) is 4.77. The number of fused-ring (bicyclic) bond motifs is 1. The minimum atomic E-state index is 0.139. The number of nitrogens with one attached hydrogen (secondary N) is 1. The molecule has 17 heavy (non-hydrogen) atoms. The van der Waals surface area contributed by atoms with Gasteiger partial charge in [0.05, 0.1) is 17.3 Å². The predicted molar refractivity (Wildman–Crippen MR) is 64.8 cm³/mol. The molecule has 0 unspecified atom stereocenters. The van der Waals surface area contributed by atoms with Gasteiger partial charge in [0, 0.05) is 18.3 Å². The molecule has 0 radical (unpaired) electrons. The molecule has 1 saturated carbocycles. The van der Waals surface area contributed by atoms with E-state index in [2.05, 4.69) is 10.3 Å². The first-order chi connectivity index (χ1) is 8.22. The summed E-state index contributed by atoms with van der Waals surface area (Å²) in [7, 11) is 0. The lowest BCUT2D eigenvalue weighted by atomic mass is 10.4. The van der Waals surface area contributed by atoms with Crippen molar-refractivity contribution < 1.29 is 4.79 Å². The van der Waals surface area contributed by atoms with Crippen molar-refractivity contribution in [1.29, 1.82) is 0 Å². The van der Waals surface area contributed by atoms with Crippen LogP contribution < -0.4 is 5.32 Å². The average molecular weight is 250 g/mol. The van der Waals surface area contributed by atoms with Crippen LogP contribution in [0.2, 0.25) is 5.02 Å². The summed E-state index contributed by atoms with van der Waals surface area (Å²) >= 11 is 5.89. The topological polar surface area (TPSA) is 46.4 Å². The van der Waals surface area contributed by atoms with Crippen LogP contribution in [0.5, 0.6) is 0 Å². The zero-order chi connectivity index (χ0) is 11.8. The molecule has 1 aliphatic rings. The fourth-order valence-corrected chi connectivity index (χ4v) is 1.94. The van der Waals surface area contributed by atoms with Gasteiger partial charge in [0.1, 0.15) is 5.65 Å². The monoisotopic (exact) mass is 249 g/mol. The van der Waals surface area contributed by atoms with Gasteiger partial charge in [0.15, 0.2) is 0 Å². The summed E-state index contributed by atoms with van der Waals surface area (Å²) in [4.78, 5) is 15.9. The lowest BCUT2D eigenvalue weighted by molar-refractivity contribution is -0.122. The van der Waals surface area contributed by atoms with Crippen molar-refractivity contribution in [2.24, 2.45) is 5.92 Å². The van der Waals surface area contributed by atoms with Gasteiger partial charge in [-0.3, -0.25) is 4.79 Å². The number of amides is 1. The molecule has 0 aromatic carbocycles. The molecule has 0 aliphatic heterocycles. The Morgan fingerprint density at radius 1 is 1.47 bits per heavy atom. The SMILES string of the molecule is O=C(NCc1cn2cc(Cl)ccc2n1)C1CC1. The Kier molecular flexibility index (Phi) is 2.52. The molecule has 1 amide bonds. The lowest BCUT2D eigenvalue weighted by Crippen LogP contribution is -2.24. The number of halogens is 1. The third kappa shape index (κ3) is 2.26. The molecule has 0 saturated heterocycles. The molecule has 5 heteroatoms. The number of pyridine rings is 1. The van der Waals surface area contributed by atoms with Crippen molar-refractivity contribution in [2.45, 2.75) is 19.4 Å². The average Bonchev–Trinajstić information content (AvgIpc) is 3.07. The summed E-state index contributed by atoms with van der Waals surface area (Å²) in [5.74, 6) is 0.376. The Bertz CT molecular complexity index is 574. The van der Waals surface area contributed by atoms with Crippen LogP contribution in [0, 0.1) is 5.92 Å². The normalized spacial score (nSPS) is 15.1. The number of rotatable bonds is 3. The van der Waals surface area contributed by atoms with Crippen LogP contribution in [-0.4, -0.2) is 15.3 Å². The molecule has 88 valence electrons. The number of imidazole rings is 1. The number of hydrogen-bond acceptors (Lipinski definition) is 2. The van der Waals surface area contributed by atoms with Gasteiger partial charge in [-0.1, -0.05) is 11.6 Å².